The summed E-state index contributed by atoms with van der Waals surface area (Å²) in [6.07, 6.45) is 0.00968. The number of hydrogen-bond acceptors (Lipinski definition) is 8. The molecule has 0 aliphatic carbocycles. The van der Waals surface area contributed by atoms with E-state index in [1.807, 2.05) is 37.3 Å². The van der Waals surface area contributed by atoms with Gasteiger partial charge in [0.05, 0.1) is 35.6 Å². The Balaban J connectivity index is 1.70. The number of aromatic nitrogens is 2. The van der Waals surface area contributed by atoms with E-state index in [0.717, 1.165) is 16.5 Å². The molecule has 11 heteroatoms. The second-order valence-electron chi connectivity index (χ2n) is 9.70. The van der Waals surface area contributed by atoms with Gasteiger partial charge in [-0.25, -0.2) is 9.78 Å². The first-order chi connectivity index (χ1) is 19.2. The number of nitrogens with zero attached hydrogens (tertiary/aromatic N) is 2. The van der Waals surface area contributed by atoms with Crippen LogP contribution in [-0.4, -0.2) is 52.3 Å². The lowest BCUT2D eigenvalue weighted by molar-refractivity contribution is -0.141. The van der Waals surface area contributed by atoms with Crippen molar-refractivity contribution in [1.82, 2.24) is 20.2 Å². The average molecular weight is 551 g/mol. The Bertz CT molecular complexity index is 1500. The highest BCUT2D eigenvalue weighted by Crippen LogP contribution is 2.36. The van der Waals surface area contributed by atoms with Crippen molar-refractivity contribution in [3.8, 4) is 11.4 Å². The summed E-state index contributed by atoms with van der Waals surface area (Å²) in [5, 5.41) is 17.9. The summed E-state index contributed by atoms with van der Waals surface area (Å²) in [4.78, 5) is 55.0. The van der Waals surface area contributed by atoms with Crippen molar-refractivity contribution >= 4 is 28.9 Å². The van der Waals surface area contributed by atoms with E-state index in [-0.39, 0.29) is 36.6 Å². The second-order valence-corrected chi connectivity index (χ2v) is 9.70. The predicted molar refractivity (Wildman–Crippen MR) is 147 cm³/mol. The maximum Gasteiger partial charge on any atom is 0.508 e. The predicted octanol–water partition coefficient (Wildman–Crippen LogP) is 2.73. The van der Waals surface area contributed by atoms with E-state index in [9.17, 15) is 24.3 Å². The number of fused-ring (bicyclic) bond motifs is 4. The van der Waals surface area contributed by atoms with Gasteiger partial charge in [-0.05, 0) is 37.5 Å². The fraction of sp³-hybridized carbons (Fsp3) is 0.414. The number of para-hydroxylation sites is 1. The maximum absolute atomic E-state index is 13.8. The van der Waals surface area contributed by atoms with E-state index < -0.39 is 29.8 Å². The van der Waals surface area contributed by atoms with Gasteiger partial charge >= 0.3 is 6.16 Å². The molecule has 1 atom stereocenters. The molecule has 0 radical (unpaired) electrons. The first kappa shape index (κ1) is 28.8. The van der Waals surface area contributed by atoms with Gasteiger partial charge in [-0.15, -0.1) is 0 Å². The highest BCUT2D eigenvalue weighted by atomic mass is 16.7. The number of rotatable bonds is 11. The maximum atomic E-state index is 13.8. The summed E-state index contributed by atoms with van der Waals surface area (Å²) in [7, 11) is 0. The van der Waals surface area contributed by atoms with Gasteiger partial charge < -0.3 is 29.8 Å². The van der Waals surface area contributed by atoms with Crippen LogP contribution >= 0.6 is 0 Å². The summed E-state index contributed by atoms with van der Waals surface area (Å²) in [6, 6.07) is 11.2. The van der Waals surface area contributed by atoms with Crippen molar-refractivity contribution in [1.29, 1.82) is 0 Å². The first-order valence-electron chi connectivity index (χ1n) is 13.4. The standard InChI is InChI=1S/C29H34N4O7/c1-4-11-31-27(36)29(38,5-2)22-15-24-25-20(14-19-9-6-7-10-23(19)32-25)16-33(24)26(35)21(22)17-40-28(37)39-13-8-12-30-18(3)34/h6-7,9-10,14-15,38H,4-5,8,11-13,16-17H2,1-3H3,(H,30,34)(H,31,36)/t29-/m0/s1. The first-order valence-corrected chi connectivity index (χ1v) is 13.4. The van der Waals surface area contributed by atoms with E-state index in [2.05, 4.69) is 10.6 Å². The molecule has 1 aromatic carbocycles. The van der Waals surface area contributed by atoms with Gasteiger partial charge in [0.25, 0.3) is 11.5 Å². The van der Waals surface area contributed by atoms with Crippen molar-refractivity contribution in [3.63, 3.8) is 0 Å². The average Bonchev–Trinajstić information content (AvgIpc) is 3.30. The molecule has 1 aliphatic rings. The lowest BCUT2D eigenvalue weighted by Gasteiger charge is -2.28. The molecule has 0 unspecified atom stereocenters. The highest BCUT2D eigenvalue weighted by Gasteiger charge is 2.41. The molecule has 3 heterocycles. The Morgan fingerprint density at radius 1 is 1.10 bits per heavy atom. The van der Waals surface area contributed by atoms with E-state index in [0.29, 0.717) is 37.3 Å². The Labute approximate surface area is 231 Å². The zero-order valence-electron chi connectivity index (χ0n) is 22.9. The molecule has 2 amide bonds. The minimum Gasteiger partial charge on any atom is -0.434 e. The highest BCUT2D eigenvalue weighted by molar-refractivity contribution is 5.88. The Hall–Kier alpha value is -4.25. The minimum atomic E-state index is -2.05. The van der Waals surface area contributed by atoms with Crippen molar-refractivity contribution in [2.75, 3.05) is 19.7 Å². The molecule has 1 aliphatic heterocycles. The van der Waals surface area contributed by atoms with E-state index in [1.54, 1.807) is 13.0 Å². The summed E-state index contributed by atoms with van der Waals surface area (Å²) >= 11 is 0. The SMILES string of the molecule is CCCNC(=O)[C@](O)(CC)c1cc2n(c(=O)c1COC(=O)OCCCNC(C)=O)Cc1cc3ccccc3nc1-2. The van der Waals surface area contributed by atoms with Gasteiger partial charge in [-0.2, -0.15) is 0 Å². The number of benzene rings is 1. The molecule has 212 valence electrons. The number of ether oxygens (including phenoxy) is 2. The second kappa shape index (κ2) is 12.3. The van der Waals surface area contributed by atoms with Crippen LogP contribution in [-0.2, 0) is 37.8 Å². The van der Waals surface area contributed by atoms with Crippen LogP contribution in [0.1, 0.15) is 56.7 Å². The summed E-state index contributed by atoms with van der Waals surface area (Å²) in [6.45, 7) is 5.34. The molecule has 0 fully saturated rings. The molecule has 3 aromatic rings. The lowest BCUT2D eigenvalue weighted by Crippen LogP contribution is -2.46. The number of hydrogen-bond donors (Lipinski definition) is 3. The van der Waals surface area contributed by atoms with Crippen LogP contribution in [0.2, 0.25) is 0 Å². The monoisotopic (exact) mass is 550 g/mol. The van der Waals surface area contributed by atoms with Crippen LogP contribution in [0.5, 0.6) is 0 Å². The van der Waals surface area contributed by atoms with Crippen LogP contribution in [0.15, 0.2) is 41.2 Å². The van der Waals surface area contributed by atoms with Crippen LogP contribution < -0.4 is 16.2 Å². The quantitative estimate of drug-likeness (QED) is 0.191. The number of carbonyl (C=O) groups is 3. The number of carbonyl (C=O) groups excluding carboxylic acids is 3. The molecule has 4 rings (SSSR count). The van der Waals surface area contributed by atoms with Crippen molar-refractivity contribution in [2.24, 2.45) is 0 Å². The molecular formula is C29H34N4O7. The zero-order chi connectivity index (χ0) is 28.9. The Kier molecular flexibility index (Phi) is 8.83. The van der Waals surface area contributed by atoms with Gasteiger partial charge in [0.2, 0.25) is 5.91 Å². The van der Waals surface area contributed by atoms with Gasteiger partial charge in [0.15, 0.2) is 5.60 Å². The Morgan fingerprint density at radius 2 is 1.88 bits per heavy atom. The summed E-state index contributed by atoms with van der Waals surface area (Å²) in [5.74, 6) is -0.836. The number of pyridine rings is 2. The summed E-state index contributed by atoms with van der Waals surface area (Å²) < 4.78 is 11.8. The number of amides is 2. The third-order valence-corrected chi connectivity index (χ3v) is 6.89. The van der Waals surface area contributed by atoms with E-state index in [1.165, 1.54) is 11.5 Å². The third kappa shape index (κ3) is 5.84. The molecule has 2 aromatic heterocycles. The van der Waals surface area contributed by atoms with Gasteiger partial charge in [-0.1, -0.05) is 32.0 Å². The smallest absolute Gasteiger partial charge is 0.434 e. The number of aliphatic hydroxyl groups is 1. The summed E-state index contributed by atoms with van der Waals surface area (Å²) in [5.41, 5.74) is 0.134. The largest absolute Gasteiger partial charge is 0.508 e. The van der Waals surface area contributed by atoms with Crippen LogP contribution in [0.4, 0.5) is 4.79 Å². The van der Waals surface area contributed by atoms with Crippen LogP contribution in [0.3, 0.4) is 0 Å². The molecule has 0 bridgehead atoms. The van der Waals surface area contributed by atoms with Crippen LogP contribution in [0.25, 0.3) is 22.3 Å². The molecule has 0 saturated carbocycles. The fourth-order valence-electron chi connectivity index (χ4n) is 4.75. The van der Waals surface area contributed by atoms with Gasteiger partial charge in [0.1, 0.15) is 6.61 Å². The lowest BCUT2D eigenvalue weighted by atomic mass is 9.86. The minimum absolute atomic E-state index is 0.00198. The zero-order valence-corrected chi connectivity index (χ0v) is 22.9. The Morgan fingerprint density at radius 3 is 2.60 bits per heavy atom. The molecule has 0 spiro atoms. The van der Waals surface area contributed by atoms with E-state index in [4.69, 9.17) is 14.5 Å². The van der Waals surface area contributed by atoms with Crippen molar-refractivity contribution in [3.05, 3.63) is 63.4 Å². The topological polar surface area (TPSA) is 149 Å². The number of nitrogens with one attached hydrogen (secondary N) is 2. The normalized spacial score (nSPS) is 13.2. The van der Waals surface area contributed by atoms with E-state index >= 15 is 0 Å². The van der Waals surface area contributed by atoms with Crippen molar-refractivity contribution < 1.29 is 29.0 Å². The van der Waals surface area contributed by atoms with Gasteiger partial charge in [0, 0.05) is 36.5 Å². The fourth-order valence-corrected chi connectivity index (χ4v) is 4.75. The van der Waals surface area contributed by atoms with Crippen molar-refractivity contribution in [2.45, 2.75) is 58.8 Å². The molecular weight excluding hydrogens is 516 g/mol. The molecule has 0 saturated heterocycles. The third-order valence-electron chi connectivity index (χ3n) is 6.89. The molecule has 11 nitrogen and oxygen atoms in total. The molecule has 3 N–H and O–H groups in total. The van der Waals surface area contributed by atoms with Gasteiger partial charge in [-0.3, -0.25) is 14.4 Å². The molecule has 40 heavy (non-hydrogen) atoms. The van der Waals surface area contributed by atoms with Crippen LogP contribution in [0, 0.1) is 0 Å².